The van der Waals surface area contributed by atoms with Gasteiger partial charge in [0.25, 0.3) is 0 Å². The van der Waals surface area contributed by atoms with Crippen molar-refractivity contribution in [1.29, 1.82) is 0 Å². The number of benzene rings is 1. The van der Waals surface area contributed by atoms with Crippen LogP contribution < -0.4 is 10.6 Å². The molecule has 0 radical (unpaired) electrons. The average Bonchev–Trinajstić information content (AvgIpc) is 2.32. The SMILES string of the molecule is C1CNCCN1.CC1c2cccc1c2. The Morgan fingerprint density at radius 1 is 1.00 bits per heavy atom. The van der Waals surface area contributed by atoms with Crippen LogP contribution in [0.5, 0.6) is 0 Å². The molecular weight excluding hydrogens is 172 g/mol. The minimum Gasteiger partial charge on any atom is -0.314 e. The van der Waals surface area contributed by atoms with Crippen LogP contribution in [0, 0.1) is 0 Å². The first-order valence-electron chi connectivity index (χ1n) is 5.39. The van der Waals surface area contributed by atoms with Crippen molar-refractivity contribution in [2.45, 2.75) is 12.8 Å². The molecule has 0 unspecified atom stereocenters. The summed E-state index contributed by atoms with van der Waals surface area (Å²) in [6.07, 6.45) is 0. The van der Waals surface area contributed by atoms with Gasteiger partial charge in [-0.05, 0) is 11.1 Å². The Hall–Kier alpha value is -0.860. The summed E-state index contributed by atoms with van der Waals surface area (Å²) in [6, 6.07) is 8.71. The summed E-state index contributed by atoms with van der Waals surface area (Å²) in [6.45, 7) is 6.80. The molecular formula is C12H18N2. The van der Waals surface area contributed by atoms with E-state index in [1.54, 1.807) is 0 Å². The maximum Gasteiger partial charge on any atom is 0.00772 e. The van der Waals surface area contributed by atoms with Gasteiger partial charge in [0.1, 0.15) is 0 Å². The first-order valence-corrected chi connectivity index (χ1v) is 5.39. The van der Waals surface area contributed by atoms with Gasteiger partial charge in [-0.2, -0.15) is 0 Å². The van der Waals surface area contributed by atoms with Crippen LogP contribution in [0.2, 0.25) is 0 Å². The molecule has 2 heteroatoms. The van der Waals surface area contributed by atoms with E-state index < -0.39 is 0 Å². The van der Waals surface area contributed by atoms with E-state index in [1.165, 1.54) is 11.1 Å². The number of nitrogens with one attached hydrogen (secondary N) is 2. The summed E-state index contributed by atoms with van der Waals surface area (Å²) < 4.78 is 0. The lowest BCUT2D eigenvalue weighted by atomic mass is 9.82. The fourth-order valence-corrected chi connectivity index (χ4v) is 1.80. The second-order valence-electron chi connectivity index (χ2n) is 3.89. The van der Waals surface area contributed by atoms with Crippen LogP contribution >= 0.6 is 0 Å². The second-order valence-corrected chi connectivity index (χ2v) is 3.89. The molecule has 1 aromatic rings. The summed E-state index contributed by atoms with van der Waals surface area (Å²) in [5.41, 5.74) is 2.98. The number of hydrogen-bond acceptors (Lipinski definition) is 2. The van der Waals surface area contributed by atoms with Crippen LogP contribution in [-0.4, -0.2) is 26.2 Å². The molecule has 1 saturated heterocycles. The zero-order valence-corrected chi connectivity index (χ0v) is 8.72. The summed E-state index contributed by atoms with van der Waals surface area (Å²) in [4.78, 5) is 0. The molecule has 0 saturated carbocycles. The van der Waals surface area contributed by atoms with Gasteiger partial charge in [0.15, 0.2) is 0 Å². The highest BCUT2D eigenvalue weighted by molar-refractivity contribution is 5.42. The maximum atomic E-state index is 3.22. The lowest BCUT2D eigenvalue weighted by Gasteiger charge is -2.22. The number of rotatable bonds is 0. The molecule has 4 rings (SSSR count). The van der Waals surface area contributed by atoms with Crippen molar-refractivity contribution < 1.29 is 0 Å². The minimum absolute atomic E-state index is 0.736. The zero-order valence-electron chi connectivity index (χ0n) is 8.72. The fourth-order valence-electron chi connectivity index (χ4n) is 1.80. The second kappa shape index (κ2) is 4.58. The molecule has 0 atom stereocenters. The minimum atomic E-state index is 0.736. The Labute approximate surface area is 85.7 Å². The van der Waals surface area contributed by atoms with E-state index in [9.17, 15) is 0 Å². The number of fused-ring (bicyclic) bond motifs is 2. The van der Waals surface area contributed by atoms with Gasteiger partial charge >= 0.3 is 0 Å². The van der Waals surface area contributed by atoms with Crippen molar-refractivity contribution in [3.8, 4) is 0 Å². The quantitative estimate of drug-likeness (QED) is 0.645. The Morgan fingerprint density at radius 3 is 1.71 bits per heavy atom. The van der Waals surface area contributed by atoms with Gasteiger partial charge in [0.05, 0.1) is 0 Å². The molecule has 2 nitrogen and oxygen atoms in total. The predicted octanol–water partition coefficient (Wildman–Crippen LogP) is 1.33. The van der Waals surface area contributed by atoms with Crippen molar-refractivity contribution in [1.82, 2.24) is 10.6 Å². The predicted molar refractivity (Wildman–Crippen MR) is 59.7 cm³/mol. The van der Waals surface area contributed by atoms with Crippen LogP contribution in [-0.2, 0) is 0 Å². The molecule has 1 aliphatic heterocycles. The van der Waals surface area contributed by atoms with Gasteiger partial charge in [-0.15, -0.1) is 0 Å². The van der Waals surface area contributed by atoms with Gasteiger partial charge in [-0.3, -0.25) is 0 Å². The first kappa shape index (κ1) is 9.69. The third-order valence-corrected chi connectivity index (χ3v) is 2.87. The Bertz CT molecular complexity index is 254. The lowest BCUT2D eigenvalue weighted by molar-refractivity contribution is 0.534. The maximum absolute atomic E-state index is 3.22. The third kappa shape index (κ3) is 2.14. The molecule has 0 spiro atoms. The molecule has 0 aromatic heterocycles. The number of piperazine rings is 1. The molecule has 1 heterocycles. The van der Waals surface area contributed by atoms with Crippen LogP contribution in [0.25, 0.3) is 0 Å². The highest BCUT2D eigenvalue weighted by atomic mass is 15.0. The highest BCUT2D eigenvalue weighted by Gasteiger charge is 2.16. The van der Waals surface area contributed by atoms with E-state index in [1.807, 2.05) is 0 Å². The average molecular weight is 190 g/mol. The van der Waals surface area contributed by atoms with Gasteiger partial charge < -0.3 is 10.6 Å². The van der Waals surface area contributed by atoms with Crippen molar-refractivity contribution in [2.24, 2.45) is 0 Å². The summed E-state index contributed by atoms with van der Waals surface area (Å²) in [5.74, 6) is 0.736. The van der Waals surface area contributed by atoms with E-state index in [0.29, 0.717) is 0 Å². The van der Waals surface area contributed by atoms with Gasteiger partial charge in [0.2, 0.25) is 0 Å². The number of hydrogen-bond donors (Lipinski definition) is 2. The van der Waals surface area contributed by atoms with Crippen molar-refractivity contribution in [2.75, 3.05) is 26.2 Å². The third-order valence-electron chi connectivity index (χ3n) is 2.87. The normalized spacial score (nSPS) is 19.2. The van der Waals surface area contributed by atoms with Crippen molar-refractivity contribution in [3.05, 3.63) is 35.4 Å². The largest absolute Gasteiger partial charge is 0.314 e. The molecule has 2 aliphatic carbocycles. The zero-order chi connectivity index (χ0) is 9.80. The van der Waals surface area contributed by atoms with E-state index in [-0.39, 0.29) is 0 Å². The van der Waals surface area contributed by atoms with Crippen molar-refractivity contribution in [3.63, 3.8) is 0 Å². The monoisotopic (exact) mass is 190 g/mol. The smallest absolute Gasteiger partial charge is 0.00772 e. The van der Waals surface area contributed by atoms with Crippen LogP contribution in [0.1, 0.15) is 24.0 Å². The molecule has 1 fully saturated rings. The van der Waals surface area contributed by atoms with Crippen LogP contribution in [0.15, 0.2) is 24.3 Å². The molecule has 1 aromatic carbocycles. The van der Waals surface area contributed by atoms with Crippen molar-refractivity contribution >= 4 is 0 Å². The van der Waals surface area contributed by atoms with Gasteiger partial charge in [-0.25, -0.2) is 0 Å². The van der Waals surface area contributed by atoms with Gasteiger partial charge in [-0.1, -0.05) is 31.2 Å². The van der Waals surface area contributed by atoms with E-state index in [2.05, 4.69) is 41.8 Å². The molecule has 3 aliphatic rings. The molecule has 0 amide bonds. The van der Waals surface area contributed by atoms with E-state index in [4.69, 9.17) is 0 Å². The fraction of sp³-hybridized carbons (Fsp3) is 0.500. The Kier molecular flexibility index (Phi) is 3.17. The van der Waals surface area contributed by atoms with Crippen LogP contribution in [0.3, 0.4) is 0 Å². The standard InChI is InChI=1S/C8H8.C4H10N2/c1-6-7-3-2-4-8(6)5-7;1-2-6-4-3-5-1/h2-6H,1H3;5-6H,1-4H2. The molecule has 2 bridgehead atoms. The van der Waals surface area contributed by atoms with Gasteiger partial charge in [0, 0.05) is 32.1 Å². The lowest BCUT2D eigenvalue weighted by Crippen LogP contribution is -2.39. The van der Waals surface area contributed by atoms with E-state index in [0.717, 1.165) is 32.1 Å². The molecule has 14 heavy (non-hydrogen) atoms. The summed E-state index contributed by atoms with van der Waals surface area (Å²) in [5, 5.41) is 6.44. The topological polar surface area (TPSA) is 24.1 Å². The summed E-state index contributed by atoms with van der Waals surface area (Å²) >= 11 is 0. The highest BCUT2D eigenvalue weighted by Crippen LogP contribution is 2.33. The van der Waals surface area contributed by atoms with Crippen LogP contribution in [0.4, 0.5) is 0 Å². The summed E-state index contributed by atoms with van der Waals surface area (Å²) in [7, 11) is 0. The Morgan fingerprint density at radius 2 is 1.50 bits per heavy atom. The Balaban J connectivity index is 0.000000112. The van der Waals surface area contributed by atoms with E-state index >= 15 is 0 Å². The molecule has 76 valence electrons. The molecule has 2 N–H and O–H groups in total. The first-order chi connectivity index (χ1) is 6.88.